The van der Waals surface area contributed by atoms with Crippen molar-refractivity contribution in [2.45, 2.75) is 51.0 Å². The maximum absolute atomic E-state index is 6.14. The minimum Gasteiger partial charge on any atom is -0.338 e. The average molecular weight is 278 g/mol. The Morgan fingerprint density at radius 2 is 2.15 bits per heavy atom. The Labute approximate surface area is 123 Å². The van der Waals surface area contributed by atoms with Gasteiger partial charge in [-0.2, -0.15) is 0 Å². The second-order valence-electron chi connectivity index (χ2n) is 6.41. The summed E-state index contributed by atoms with van der Waals surface area (Å²) in [5.74, 6) is 2.07. The number of hydrogen-bond acceptors (Lipinski definition) is 3. The van der Waals surface area contributed by atoms with E-state index in [0.29, 0.717) is 0 Å². The Bertz CT molecular complexity index is 404. The molecule has 1 heterocycles. The summed E-state index contributed by atoms with van der Waals surface area (Å²) in [5, 5.41) is 0. The normalized spacial score (nSPS) is 27.1. The summed E-state index contributed by atoms with van der Waals surface area (Å²) in [6, 6.07) is 0. The maximum Gasteiger partial charge on any atom is 0.109 e. The number of aromatic nitrogens is 2. The van der Waals surface area contributed by atoms with Crippen molar-refractivity contribution in [1.29, 1.82) is 0 Å². The first kappa shape index (κ1) is 15.5. The predicted octanol–water partition coefficient (Wildman–Crippen LogP) is 2.19. The number of hydrogen-bond donors (Lipinski definition) is 1. The molecule has 20 heavy (non-hydrogen) atoms. The maximum atomic E-state index is 6.14. The summed E-state index contributed by atoms with van der Waals surface area (Å²) in [6.45, 7) is 4.13. The smallest absolute Gasteiger partial charge is 0.109 e. The third kappa shape index (κ3) is 3.23. The van der Waals surface area contributed by atoms with Gasteiger partial charge in [-0.15, -0.1) is 0 Å². The molecule has 0 bridgehead atoms. The molecule has 0 amide bonds. The van der Waals surface area contributed by atoms with Gasteiger partial charge in [-0.25, -0.2) is 4.98 Å². The number of rotatable bonds is 6. The van der Waals surface area contributed by atoms with E-state index in [1.807, 2.05) is 12.4 Å². The zero-order valence-electron chi connectivity index (χ0n) is 13.3. The van der Waals surface area contributed by atoms with Crippen LogP contribution in [0.2, 0.25) is 0 Å². The van der Waals surface area contributed by atoms with Crippen molar-refractivity contribution in [2.24, 2.45) is 18.7 Å². The fraction of sp³-hybridized carbons (Fsp3) is 0.812. The fourth-order valence-corrected chi connectivity index (χ4v) is 3.51. The van der Waals surface area contributed by atoms with E-state index in [1.165, 1.54) is 32.1 Å². The number of nitrogens with two attached hydrogens (primary N) is 1. The molecule has 1 aromatic rings. The second-order valence-corrected chi connectivity index (χ2v) is 6.41. The van der Waals surface area contributed by atoms with Gasteiger partial charge in [0.25, 0.3) is 0 Å². The number of aryl methyl sites for hydroxylation is 1. The molecule has 114 valence electrons. The summed E-state index contributed by atoms with van der Waals surface area (Å²) in [7, 11) is 4.30. The van der Waals surface area contributed by atoms with Gasteiger partial charge in [0, 0.05) is 44.5 Å². The van der Waals surface area contributed by atoms with E-state index in [4.69, 9.17) is 5.73 Å². The lowest BCUT2D eigenvalue weighted by atomic mass is 9.74. The molecule has 0 spiro atoms. The van der Waals surface area contributed by atoms with Crippen LogP contribution in [0.25, 0.3) is 0 Å². The summed E-state index contributed by atoms with van der Waals surface area (Å²) in [5.41, 5.74) is 6.36. The summed E-state index contributed by atoms with van der Waals surface area (Å²) in [4.78, 5) is 6.91. The van der Waals surface area contributed by atoms with E-state index in [-0.39, 0.29) is 5.54 Å². The van der Waals surface area contributed by atoms with E-state index < -0.39 is 0 Å². The lowest BCUT2D eigenvalue weighted by molar-refractivity contribution is 0.0645. The van der Waals surface area contributed by atoms with E-state index in [9.17, 15) is 0 Å². The van der Waals surface area contributed by atoms with Crippen molar-refractivity contribution < 1.29 is 0 Å². The molecule has 2 N–H and O–H groups in total. The van der Waals surface area contributed by atoms with Gasteiger partial charge in [0.05, 0.1) is 0 Å². The van der Waals surface area contributed by atoms with Gasteiger partial charge in [0.1, 0.15) is 5.82 Å². The molecule has 1 fully saturated rings. The van der Waals surface area contributed by atoms with Crippen LogP contribution in [-0.2, 0) is 13.5 Å². The molecule has 0 aromatic carbocycles. The standard InChI is InChI=1S/C16H30N4/c1-4-14-5-8-16(13-17,9-6-14)20(3)11-7-15-18-10-12-19(15)2/h10,12,14H,4-9,11,13,17H2,1-3H3. The summed E-state index contributed by atoms with van der Waals surface area (Å²) in [6.07, 6.45) is 11.4. The number of imidazole rings is 1. The number of nitrogens with zero attached hydrogens (tertiary/aromatic N) is 3. The first-order chi connectivity index (χ1) is 9.61. The molecule has 0 unspecified atom stereocenters. The van der Waals surface area contributed by atoms with Gasteiger partial charge in [0.2, 0.25) is 0 Å². The largest absolute Gasteiger partial charge is 0.338 e. The zero-order chi connectivity index (χ0) is 14.6. The minimum absolute atomic E-state index is 0.219. The quantitative estimate of drug-likeness (QED) is 0.867. The molecular formula is C16H30N4. The van der Waals surface area contributed by atoms with Crippen LogP contribution in [-0.4, -0.2) is 40.1 Å². The van der Waals surface area contributed by atoms with Gasteiger partial charge in [-0.05, 0) is 38.6 Å². The molecule has 0 atom stereocenters. The van der Waals surface area contributed by atoms with Gasteiger partial charge < -0.3 is 10.3 Å². The monoisotopic (exact) mass is 278 g/mol. The molecule has 1 saturated carbocycles. The molecule has 0 radical (unpaired) electrons. The second kappa shape index (κ2) is 6.72. The highest BCUT2D eigenvalue weighted by molar-refractivity contribution is 4.97. The van der Waals surface area contributed by atoms with Crippen molar-refractivity contribution in [3.63, 3.8) is 0 Å². The molecule has 1 aromatic heterocycles. The van der Waals surface area contributed by atoms with Crippen LogP contribution >= 0.6 is 0 Å². The lowest BCUT2D eigenvalue weighted by Gasteiger charge is -2.46. The van der Waals surface area contributed by atoms with Gasteiger partial charge in [0.15, 0.2) is 0 Å². The van der Waals surface area contributed by atoms with Crippen LogP contribution in [0.1, 0.15) is 44.9 Å². The molecule has 1 aliphatic rings. The topological polar surface area (TPSA) is 47.1 Å². The van der Waals surface area contributed by atoms with E-state index in [1.54, 1.807) is 0 Å². The summed E-state index contributed by atoms with van der Waals surface area (Å²) < 4.78 is 2.11. The molecular weight excluding hydrogens is 248 g/mol. The highest BCUT2D eigenvalue weighted by Crippen LogP contribution is 2.36. The van der Waals surface area contributed by atoms with Crippen molar-refractivity contribution in [3.8, 4) is 0 Å². The van der Waals surface area contributed by atoms with Crippen LogP contribution in [0, 0.1) is 5.92 Å². The predicted molar refractivity (Wildman–Crippen MR) is 83.6 cm³/mol. The summed E-state index contributed by atoms with van der Waals surface area (Å²) >= 11 is 0. The van der Waals surface area contributed by atoms with Gasteiger partial charge in [-0.1, -0.05) is 13.3 Å². The molecule has 4 heteroatoms. The van der Waals surface area contributed by atoms with Crippen molar-refractivity contribution in [2.75, 3.05) is 20.1 Å². The molecule has 0 saturated heterocycles. The van der Waals surface area contributed by atoms with Crippen molar-refractivity contribution >= 4 is 0 Å². The molecule has 1 aliphatic carbocycles. The van der Waals surface area contributed by atoms with Gasteiger partial charge >= 0.3 is 0 Å². The fourth-order valence-electron chi connectivity index (χ4n) is 3.51. The van der Waals surface area contributed by atoms with Crippen molar-refractivity contribution in [1.82, 2.24) is 14.5 Å². The first-order valence-corrected chi connectivity index (χ1v) is 7.99. The van der Waals surface area contributed by atoms with Crippen LogP contribution in [0.4, 0.5) is 0 Å². The Hall–Kier alpha value is -0.870. The van der Waals surface area contributed by atoms with Crippen LogP contribution in [0.3, 0.4) is 0 Å². The van der Waals surface area contributed by atoms with Crippen LogP contribution in [0.5, 0.6) is 0 Å². The molecule has 0 aliphatic heterocycles. The van der Waals surface area contributed by atoms with Crippen LogP contribution < -0.4 is 5.73 Å². The molecule has 2 rings (SSSR count). The highest BCUT2D eigenvalue weighted by Gasteiger charge is 2.36. The lowest BCUT2D eigenvalue weighted by Crippen LogP contribution is -2.54. The Balaban J connectivity index is 1.92. The Kier molecular flexibility index (Phi) is 5.22. The van der Waals surface area contributed by atoms with E-state index in [0.717, 1.165) is 31.3 Å². The third-order valence-electron chi connectivity index (χ3n) is 5.39. The van der Waals surface area contributed by atoms with Gasteiger partial charge in [-0.3, -0.25) is 4.90 Å². The highest BCUT2D eigenvalue weighted by atomic mass is 15.2. The Morgan fingerprint density at radius 3 is 2.65 bits per heavy atom. The first-order valence-electron chi connectivity index (χ1n) is 7.99. The van der Waals surface area contributed by atoms with E-state index >= 15 is 0 Å². The third-order valence-corrected chi connectivity index (χ3v) is 5.39. The SMILES string of the molecule is CCC1CCC(CN)(N(C)CCc2nccn2C)CC1. The zero-order valence-corrected chi connectivity index (χ0v) is 13.3. The Morgan fingerprint density at radius 1 is 1.45 bits per heavy atom. The van der Waals surface area contributed by atoms with Crippen molar-refractivity contribution in [3.05, 3.63) is 18.2 Å². The minimum atomic E-state index is 0.219. The average Bonchev–Trinajstić information content (AvgIpc) is 2.90. The van der Waals surface area contributed by atoms with Crippen LogP contribution in [0.15, 0.2) is 12.4 Å². The van der Waals surface area contributed by atoms with E-state index in [2.05, 4.69) is 35.5 Å². The number of likely N-dealkylation sites (N-methyl/N-ethyl adjacent to an activating group) is 1. The molecule has 4 nitrogen and oxygen atoms in total.